The molecule has 2 aliphatic heterocycles. The Labute approximate surface area is 95.8 Å². The van der Waals surface area contributed by atoms with Crippen molar-refractivity contribution in [3.05, 3.63) is 29.3 Å². The van der Waals surface area contributed by atoms with Crippen LogP contribution >= 0.6 is 0 Å². The predicted octanol–water partition coefficient (Wildman–Crippen LogP) is 1.36. The van der Waals surface area contributed by atoms with E-state index < -0.39 is 0 Å². The Hall–Kier alpha value is -1.06. The van der Waals surface area contributed by atoms with Crippen molar-refractivity contribution < 1.29 is 9.47 Å². The fourth-order valence-corrected chi connectivity index (χ4v) is 2.22. The molecule has 3 nitrogen and oxygen atoms in total. The van der Waals surface area contributed by atoms with Gasteiger partial charge >= 0.3 is 0 Å². The van der Waals surface area contributed by atoms with Crippen LogP contribution in [0.15, 0.2) is 18.2 Å². The molecule has 3 heteroatoms. The molecule has 1 N–H and O–H groups in total. The van der Waals surface area contributed by atoms with Crippen molar-refractivity contribution in [1.29, 1.82) is 0 Å². The summed E-state index contributed by atoms with van der Waals surface area (Å²) < 4.78 is 11.0. The van der Waals surface area contributed by atoms with Gasteiger partial charge in [0.15, 0.2) is 0 Å². The van der Waals surface area contributed by atoms with Crippen LogP contribution in [0.25, 0.3) is 0 Å². The van der Waals surface area contributed by atoms with Crippen LogP contribution in [-0.2, 0) is 17.7 Å². The van der Waals surface area contributed by atoms with Gasteiger partial charge in [-0.3, -0.25) is 0 Å². The second-order valence-electron chi connectivity index (χ2n) is 4.54. The van der Waals surface area contributed by atoms with Crippen LogP contribution in [0.2, 0.25) is 0 Å². The van der Waals surface area contributed by atoms with Gasteiger partial charge in [0.1, 0.15) is 5.75 Å². The van der Waals surface area contributed by atoms with Gasteiger partial charge in [0.2, 0.25) is 0 Å². The molecule has 0 bridgehead atoms. The van der Waals surface area contributed by atoms with Gasteiger partial charge in [-0.05, 0) is 30.2 Å². The van der Waals surface area contributed by atoms with Gasteiger partial charge in [-0.25, -0.2) is 0 Å². The first-order valence-electron chi connectivity index (χ1n) is 5.95. The Bertz CT molecular complexity index is 374. The number of nitrogens with one attached hydrogen (secondary N) is 1. The molecule has 1 fully saturated rings. The van der Waals surface area contributed by atoms with E-state index in [-0.39, 0.29) is 0 Å². The maximum absolute atomic E-state index is 5.90. The van der Waals surface area contributed by atoms with Crippen molar-refractivity contribution in [2.75, 3.05) is 26.4 Å². The van der Waals surface area contributed by atoms with Gasteiger partial charge in [0, 0.05) is 12.5 Å². The minimum Gasteiger partial charge on any atom is -0.493 e. The number of hydrogen-bond acceptors (Lipinski definition) is 3. The van der Waals surface area contributed by atoms with Crippen LogP contribution in [0.4, 0.5) is 0 Å². The van der Waals surface area contributed by atoms with E-state index in [0.29, 0.717) is 5.92 Å². The number of hydrogen-bond donors (Lipinski definition) is 1. The standard InChI is InChI=1S/C13H17NO2/c1-2-11-6-14-5-4-12(11)13(3-1)16-9-10-7-15-8-10/h1-3,10,14H,4-9H2. The van der Waals surface area contributed by atoms with E-state index in [0.717, 1.165) is 45.1 Å². The molecule has 0 unspecified atom stereocenters. The summed E-state index contributed by atoms with van der Waals surface area (Å²) >= 11 is 0. The quantitative estimate of drug-likeness (QED) is 0.832. The molecule has 16 heavy (non-hydrogen) atoms. The molecular formula is C13H17NO2. The molecule has 0 atom stereocenters. The van der Waals surface area contributed by atoms with Crippen LogP contribution in [0.5, 0.6) is 5.75 Å². The summed E-state index contributed by atoms with van der Waals surface area (Å²) in [5.41, 5.74) is 2.77. The highest BCUT2D eigenvalue weighted by Gasteiger charge is 2.20. The summed E-state index contributed by atoms with van der Waals surface area (Å²) in [4.78, 5) is 0. The van der Waals surface area contributed by atoms with E-state index in [9.17, 15) is 0 Å². The smallest absolute Gasteiger partial charge is 0.122 e. The molecule has 1 aromatic rings. The van der Waals surface area contributed by atoms with Gasteiger partial charge in [-0.1, -0.05) is 12.1 Å². The van der Waals surface area contributed by atoms with E-state index >= 15 is 0 Å². The molecular weight excluding hydrogens is 202 g/mol. The van der Waals surface area contributed by atoms with Crippen LogP contribution < -0.4 is 10.1 Å². The molecule has 1 aromatic carbocycles. The largest absolute Gasteiger partial charge is 0.493 e. The maximum atomic E-state index is 5.90. The third-order valence-corrected chi connectivity index (χ3v) is 3.28. The molecule has 2 heterocycles. The second-order valence-corrected chi connectivity index (χ2v) is 4.54. The summed E-state index contributed by atoms with van der Waals surface area (Å²) in [6.07, 6.45) is 1.08. The summed E-state index contributed by atoms with van der Waals surface area (Å²) in [7, 11) is 0. The molecule has 2 aliphatic rings. The summed E-state index contributed by atoms with van der Waals surface area (Å²) in [6, 6.07) is 6.35. The lowest BCUT2D eigenvalue weighted by molar-refractivity contribution is -0.0509. The summed E-state index contributed by atoms with van der Waals surface area (Å²) in [5.74, 6) is 1.67. The number of ether oxygens (including phenoxy) is 2. The van der Waals surface area contributed by atoms with Gasteiger partial charge in [0.05, 0.1) is 19.8 Å². The minimum absolute atomic E-state index is 0.595. The SMILES string of the molecule is c1cc2c(c(OCC3COC3)c1)CCNC2. The Balaban J connectivity index is 1.72. The van der Waals surface area contributed by atoms with Crippen molar-refractivity contribution in [2.45, 2.75) is 13.0 Å². The summed E-state index contributed by atoms with van der Waals surface area (Å²) in [6.45, 7) is 4.54. The molecule has 86 valence electrons. The van der Waals surface area contributed by atoms with Crippen LogP contribution in [0, 0.1) is 5.92 Å². The zero-order valence-corrected chi connectivity index (χ0v) is 9.37. The lowest BCUT2D eigenvalue weighted by Gasteiger charge is -2.27. The van der Waals surface area contributed by atoms with Crippen molar-refractivity contribution in [2.24, 2.45) is 5.92 Å². The lowest BCUT2D eigenvalue weighted by atomic mass is 10.00. The molecule has 1 saturated heterocycles. The monoisotopic (exact) mass is 219 g/mol. The normalized spacial score (nSPS) is 20.0. The Kier molecular flexibility index (Phi) is 2.80. The van der Waals surface area contributed by atoms with Gasteiger partial charge in [0.25, 0.3) is 0 Å². The van der Waals surface area contributed by atoms with Crippen molar-refractivity contribution in [3.63, 3.8) is 0 Å². The first-order chi connectivity index (χ1) is 7.93. The maximum Gasteiger partial charge on any atom is 0.122 e. The molecule has 0 aliphatic carbocycles. The average molecular weight is 219 g/mol. The first kappa shape index (κ1) is 10.1. The molecule has 0 saturated carbocycles. The van der Waals surface area contributed by atoms with E-state index in [1.54, 1.807) is 0 Å². The zero-order chi connectivity index (χ0) is 10.8. The Morgan fingerprint density at radius 3 is 3.12 bits per heavy atom. The van der Waals surface area contributed by atoms with Gasteiger partial charge in [-0.15, -0.1) is 0 Å². The number of fused-ring (bicyclic) bond motifs is 1. The van der Waals surface area contributed by atoms with E-state index in [1.807, 2.05) is 0 Å². The van der Waals surface area contributed by atoms with Crippen molar-refractivity contribution in [1.82, 2.24) is 5.32 Å². The van der Waals surface area contributed by atoms with Crippen molar-refractivity contribution in [3.8, 4) is 5.75 Å². The molecule has 0 amide bonds. The lowest BCUT2D eigenvalue weighted by Crippen LogP contribution is -2.33. The third kappa shape index (κ3) is 1.93. The first-order valence-corrected chi connectivity index (χ1v) is 5.95. The second kappa shape index (κ2) is 4.44. The topological polar surface area (TPSA) is 30.5 Å². The fraction of sp³-hybridized carbons (Fsp3) is 0.538. The zero-order valence-electron chi connectivity index (χ0n) is 9.37. The number of rotatable bonds is 3. The summed E-state index contributed by atoms with van der Waals surface area (Å²) in [5, 5.41) is 3.38. The van der Waals surface area contributed by atoms with Crippen LogP contribution in [-0.4, -0.2) is 26.4 Å². The van der Waals surface area contributed by atoms with E-state index in [1.165, 1.54) is 11.1 Å². The highest BCUT2D eigenvalue weighted by Crippen LogP contribution is 2.26. The van der Waals surface area contributed by atoms with E-state index in [4.69, 9.17) is 9.47 Å². The average Bonchev–Trinajstić information content (AvgIpc) is 2.27. The molecule has 0 spiro atoms. The Morgan fingerprint density at radius 1 is 1.38 bits per heavy atom. The molecule has 0 radical (unpaired) electrons. The number of benzene rings is 1. The van der Waals surface area contributed by atoms with E-state index in [2.05, 4.69) is 23.5 Å². The third-order valence-electron chi connectivity index (χ3n) is 3.28. The highest BCUT2D eigenvalue weighted by molar-refractivity contribution is 5.41. The minimum atomic E-state index is 0.595. The highest BCUT2D eigenvalue weighted by atomic mass is 16.5. The molecule has 0 aromatic heterocycles. The van der Waals surface area contributed by atoms with Gasteiger partial charge in [-0.2, -0.15) is 0 Å². The van der Waals surface area contributed by atoms with Crippen LogP contribution in [0.3, 0.4) is 0 Å². The predicted molar refractivity (Wildman–Crippen MR) is 61.7 cm³/mol. The van der Waals surface area contributed by atoms with Crippen molar-refractivity contribution >= 4 is 0 Å². The molecule has 3 rings (SSSR count). The fourth-order valence-electron chi connectivity index (χ4n) is 2.22. The Morgan fingerprint density at radius 2 is 2.31 bits per heavy atom. The van der Waals surface area contributed by atoms with Gasteiger partial charge < -0.3 is 14.8 Å². The van der Waals surface area contributed by atoms with Crippen LogP contribution in [0.1, 0.15) is 11.1 Å².